The van der Waals surface area contributed by atoms with E-state index < -0.39 is 29.6 Å². The van der Waals surface area contributed by atoms with Crippen molar-refractivity contribution in [2.45, 2.75) is 38.0 Å². The second-order valence-corrected chi connectivity index (χ2v) is 7.61. The highest BCUT2D eigenvalue weighted by atomic mass is 127. The Hall–Kier alpha value is -1.72. The van der Waals surface area contributed by atoms with E-state index in [9.17, 15) is 14.4 Å². The maximum Gasteiger partial charge on any atom is 0.279 e. The lowest BCUT2D eigenvalue weighted by Crippen LogP contribution is -2.65. The van der Waals surface area contributed by atoms with Crippen molar-refractivity contribution in [1.82, 2.24) is 15.7 Å². The van der Waals surface area contributed by atoms with Crippen LogP contribution >= 0.6 is 22.6 Å². The molecular weight excluding hydrogens is 465 g/mol. The zero-order valence-corrected chi connectivity index (χ0v) is 17.7. The lowest BCUT2D eigenvalue weighted by Gasteiger charge is -2.36. The quantitative estimate of drug-likeness (QED) is 0.358. The largest absolute Gasteiger partial charge is 0.357 e. The summed E-state index contributed by atoms with van der Waals surface area (Å²) in [7, 11) is 2.81. The van der Waals surface area contributed by atoms with Crippen molar-refractivity contribution >= 4 is 40.3 Å². The summed E-state index contributed by atoms with van der Waals surface area (Å²) in [6.07, 6.45) is 1.96. The molecule has 9 heteroatoms. The molecular formula is C18H24IN3O5. The van der Waals surface area contributed by atoms with Crippen molar-refractivity contribution in [1.29, 1.82) is 0 Å². The first-order chi connectivity index (χ1) is 12.8. The normalized spacial score (nSPS) is 18.9. The highest BCUT2D eigenvalue weighted by molar-refractivity contribution is 14.1. The van der Waals surface area contributed by atoms with Crippen LogP contribution in [0, 0.1) is 3.57 Å². The predicted molar refractivity (Wildman–Crippen MR) is 107 cm³/mol. The van der Waals surface area contributed by atoms with Gasteiger partial charge in [-0.2, -0.15) is 0 Å². The number of carbonyl (C=O) groups is 3. The van der Waals surface area contributed by atoms with Crippen molar-refractivity contribution < 1.29 is 24.0 Å². The van der Waals surface area contributed by atoms with Gasteiger partial charge in [0.25, 0.3) is 17.7 Å². The van der Waals surface area contributed by atoms with Crippen LogP contribution < -0.4 is 10.8 Å². The molecule has 8 nitrogen and oxygen atoms in total. The summed E-state index contributed by atoms with van der Waals surface area (Å²) < 4.78 is 6.37. The summed E-state index contributed by atoms with van der Waals surface area (Å²) in [6.45, 7) is 1.93. The summed E-state index contributed by atoms with van der Waals surface area (Å²) in [5.41, 5.74) is 0.855. The van der Waals surface area contributed by atoms with Gasteiger partial charge in [-0.15, -0.1) is 0 Å². The van der Waals surface area contributed by atoms with Crippen molar-refractivity contribution in [2.75, 3.05) is 20.7 Å². The molecule has 0 aromatic heterocycles. The maximum absolute atomic E-state index is 12.8. The number of benzene rings is 1. The van der Waals surface area contributed by atoms with E-state index in [1.54, 1.807) is 24.3 Å². The van der Waals surface area contributed by atoms with Crippen molar-refractivity contribution in [3.63, 3.8) is 0 Å². The van der Waals surface area contributed by atoms with Crippen LogP contribution in [0.25, 0.3) is 0 Å². The third kappa shape index (κ3) is 4.96. The standard InChI is InChI=1S/C18H24IN3O5/c1-18(16(24)20-2,17(25)21-27-14-6-4-5-11-26-14)22(3)15(23)12-7-9-13(19)10-8-12/h7-10,14H,4-6,11H2,1-3H3,(H,20,24)(H,21,25)/t14?,18-/m0/s1. The van der Waals surface area contributed by atoms with E-state index in [-0.39, 0.29) is 0 Å². The van der Waals surface area contributed by atoms with E-state index in [2.05, 4.69) is 33.4 Å². The first-order valence-electron chi connectivity index (χ1n) is 8.64. The molecule has 1 aromatic rings. The lowest BCUT2D eigenvalue weighted by atomic mass is 9.97. The van der Waals surface area contributed by atoms with Crippen molar-refractivity contribution in [3.05, 3.63) is 33.4 Å². The number of hydroxylamine groups is 1. The first kappa shape index (κ1) is 21.6. The molecule has 1 aromatic carbocycles. The third-order valence-corrected chi connectivity index (χ3v) is 5.32. The van der Waals surface area contributed by atoms with Crippen LogP contribution in [0.4, 0.5) is 0 Å². The van der Waals surface area contributed by atoms with E-state index in [1.165, 1.54) is 21.0 Å². The Morgan fingerprint density at radius 2 is 1.89 bits per heavy atom. The van der Waals surface area contributed by atoms with Crippen LogP contribution in [0.1, 0.15) is 36.5 Å². The van der Waals surface area contributed by atoms with Gasteiger partial charge in [0.2, 0.25) is 0 Å². The van der Waals surface area contributed by atoms with E-state index >= 15 is 0 Å². The Bertz CT molecular complexity index is 691. The molecule has 1 aliphatic rings. The van der Waals surface area contributed by atoms with Gasteiger partial charge in [-0.3, -0.25) is 14.4 Å². The van der Waals surface area contributed by atoms with E-state index in [1.807, 2.05) is 0 Å². The molecule has 27 heavy (non-hydrogen) atoms. The number of hydrogen-bond acceptors (Lipinski definition) is 5. The second kappa shape index (κ2) is 9.47. The van der Waals surface area contributed by atoms with Gasteiger partial charge in [0.15, 0.2) is 11.8 Å². The fraction of sp³-hybridized carbons (Fsp3) is 0.500. The van der Waals surface area contributed by atoms with Crippen LogP contribution in [-0.2, 0) is 19.2 Å². The SMILES string of the molecule is CNC(=O)[C@@](C)(C(=O)NOC1CCCCO1)N(C)C(=O)c1ccc(I)cc1. The van der Waals surface area contributed by atoms with Crippen LogP contribution in [0.15, 0.2) is 24.3 Å². The van der Waals surface area contributed by atoms with Crippen molar-refractivity contribution in [3.8, 4) is 0 Å². The van der Waals surface area contributed by atoms with Gasteiger partial charge >= 0.3 is 0 Å². The number of carbonyl (C=O) groups excluding carboxylic acids is 3. The summed E-state index contributed by atoms with van der Waals surface area (Å²) in [5, 5.41) is 2.44. The molecule has 1 unspecified atom stereocenters. The number of hydrogen-bond donors (Lipinski definition) is 2. The number of halogens is 1. The number of rotatable bonds is 6. The van der Waals surface area contributed by atoms with Gasteiger partial charge < -0.3 is 15.0 Å². The number of amides is 3. The Labute approximate surface area is 172 Å². The summed E-state index contributed by atoms with van der Waals surface area (Å²) in [6, 6.07) is 6.86. The molecule has 0 aliphatic carbocycles. The molecule has 1 heterocycles. The minimum absolute atomic E-state index is 0.373. The molecule has 0 radical (unpaired) electrons. The van der Waals surface area contributed by atoms with Gasteiger partial charge in [-0.05, 0) is 66.6 Å². The molecule has 0 saturated carbocycles. The third-order valence-electron chi connectivity index (χ3n) is 4.60. The molecule has 2 rings (SSSR count). The van der Waals surface area contributed by atoms with Crippen LogP contribution in [0.5, 0.6) is 0 Å². The molecule has 2 N–H and O–H groups in total. The molecule has 3 amide bonds. The van der Waals surface area contributed by atoms with Gasteiger partial charge in [-0.25, -0.2) is 10.3 Å². The monoisotopic (exact) mass is 489 g/mol. The van der Waals surface area contributed by atoms with Crippen LogP contribution in [0.2, 0.25) is 0 Å². The fourth-order valence-electron chi connectivity index (χ4n) is 2.66. The van der Waals surface area contributed by atoms with E-state index in [0.717, 1.165) is 21.3 Å². The molecule has 0 bridgehead atoms. The van der Waals surface area contributed by atoms with Gasteiger partial charge in [0.1, 0.15) is 0 Å². The number of nitrogens with one attached hydrogen (secondary N) is 2. The van der Waals surface area contributed by atoms with Crippen LogP contribution in [0.3, 0.4) is 0 Å². The Morgan fingerprint density at radius 3 is 2.44 bits per heavy atom. The fourth-order valence-corrected chi connectivity index (χ4v) is 3.02. The Kier molecular flexibility index (Phi) is 7.57. The number of likely N-dealkylation sites (N-methyl/N-ethyl adjacent to an activating group) is 2. The minimum atomic E-state index is -1.80. The zero-order valence-electron chi connectivity index (χ0n) is 15.6. The highest BCUT2D eigenvalue weighted by Gasteiger charge is 2.47. The van der Waals surface area contributed by atoms with Gasteiger partial charge in [0.05, 0.1) is 0 Å². The molecule has 1 saturated heterocycles. The molecule has 2 atom stereocenters. The number of ether oxygens (including phenoxy) is 1. The average Bonchev–Trinajstić information content (AvgIpc) is 2.70. The molecule has 148 valence electrons. The smallest absolute Gasteiger partial charge is 0.279 e. The Morgan fingerprint density at radius 1 is 1.22 bits per heavy atom. The van der Waals surface area contributed by atoms with E-state index in [0.29, 0.717) is 18.6 Å². The molecule has 1 aliphatic heterocycles. The van der Waals surface area contributed by atoms with Gasteiger partial charge in [0, 0.05) is 36.3 Å². The highest BCUT2D eigenvalue weighted by Crippen LogP contribution is 2.20. The maximum atomic E-state index is 12.8. The van der Waals surface area contributed by atoms with Crippen molar-refractivity contribution in [2.24, 2.45) is 0 Å². The molecule has 1 fully saturated rings. The average molecular weight is 489 g/mol. The second-order valence-electron chi connectivity index (χ2n) is 6.37. The van der Waals surface area contributed by atoms with E-state index in [4.69, 9.17) is 9.57 Å². The topological polar surface area (TPSA) is 97.0 Å². The summed E-state index contributed by atoms with van der Waals surface area (Å²) >= 11 is 2.13. The van der Waals surface area contributed by atoms with Gasteiger partial charge in [-0.1, -0.05) is 0 Å². The number of nitrogens with zero attached hydrogens (tertiary/aromatic N) is 1. The first-order valence-corrected chi connectivity index (χ1v) is 9.72. The minimum Gasteiger partial charge on any atom is -0.357 e. The predicted octanol–water partition coefficient (Wildman–Crippen LogP) is 1.44. The van der Waals surface area contributed by atoms with Crippen LogP contribution in [-0.4, -0.2) is 55.2 Å². The summed E-state index contributed by atoms with van der Waals surface area (Å²) in [4.78, 5) is 44.5. The molecule has 0 spiro atoms. The summed E-state index contributed by atoms with van der Waals surface area (Å²) in [5.74, 6) is -1.84. The lowest BCUT2D eigenvalue weighted by molar-refractivity contribution is -0.204. The Balaban J connectivity index is 2.17. The zero-order chi connectivity index (χ0) is 20.0.